The van der Waals surface area contributed by atoms with E-state index in [9.17, 15) is 19.2 Å². The first-order valence-corrected chi connectivity index (χ1v) is 19.8. The highest BCUT2D eigenvalue weighted by atomic mass is 16.5. The van der Waals surface area contributed by atoms with Crippen molar-refractivity contribution in [3.8, 4) is 0 Å². The van der Waals surface area contributed by atoms with Crippen molar-refractivity contribution >= 4 is 62.6 Å². The fourth-order valence-electron chi connectivity index (χ4n) is 8.40. The Morgan fingerprint density at radius 2 is 1.49 bits per heavy atom. The van der Waals surface area contributed by atoms with Crippen LogP contribution in [-0.2, 0) is 51.6 Å². The number of aromatic nitrogens is 4. The molecular formula is C46H54N6O7. The van der Waals surface area contributed by atoms with Crippen LogP contribution in [0.15, 0.2) is 54.6 Å². The number of amides is 1. The first-order valence-electron chi connectivity index (χ1n) is 19.8. The number of hydrogen-bond acceptors (Lipinski definition) is 10. The van der Waals surface area contributed by atoms with Crippen LogP contribution in [0.2, 0.25) is 0 Å². The maximum Gasteiger partial charge on any atom is 0.334 e. The van der Waals surface area contributed by atoms with Crippen LogP contribution in [0.4, 0.5) is 0 Å². The van der Waals surface area contributed by atoms with E-state index in [4.69, 9.17) is 24.2 Å². The van der Waals surface area contributed by atoms with Gasteiger partial charge in [0.05, 0.1) is 55.1 Å². The third kappa shape index (κ3) is 8.16. The summed E-state index contributed by atoms with van der Waals surface area (Å²) in [4.78, 5) is 72.2. The number of fused-ring (bicyclic) bond motifs is 11. The van der Waals surface area contributed by atoms with E-state index >= 15 is 0 Å². The Kier molecular flexibility index (Phi) is 12.6. The number of aromatic amines is 2. The second-order valence-electron chi connectivity index (χ2n) is 15.6. The standard InChI is InChI=1S/C46H54N6O7/c1-11-28-25(2)34-22-39-32-16-13-31(44(55)58-9)43(45(56)59-10)46(32,5)40(51-39)24-35-27(4)30(15-18-42(54)57-8)38(50-35)23-37-29(26(3)33(49-37)21-36(28)48-34)14-17-41(53)47-19-12-20-52(6)7/h11,13,16,21-24,43,49-50H,1,12,14-15,17-20H2,2-10H3,(H,47,53)/t43-,46+/m0/s1. The molecule has 2 aliphatic heterocycles. The third-order valence-corrected chi connectivity index (χ3v) is 11.8. The number of esters is 3. The van der Waals surface area contributed by atoms with Crippen LogP contribution >= 0.6 is 0 Å². The van der Waals surface area contributed by atoms with Gasteiger partial charge in [-0.25, -0.2) is 9.78 Å². The van der Waals surface area contributed by atoms with Crippen molar-refractivity contribution in [1.82, 2.24) is 30.2 Å². The van der Waals surface area contributed by atoms with Gasteiger partial charge in [-0.2, -0.15) is 0 Å². The van der Waals surface area contributed by atoms with Gasteiger partial charge in [0, 0.05) is 47.0 Å². The Hall–Kier alpha value is -6.08. The molecule has 0 saturated heterocycles. The molecule has 0 spiro atoms. The predicted octanol–water partition coefficient (Wildman–Crippen LogP) is 6.40. The summed E-state index contributed by atoms with van der Waals surface area (Å²) in [5.41, 5.74) is 10.7. The first-order chi connectivity index (χ1) is 28.2. The summed E-state index contributed by atoms with van der Waals surface area (Å²) in [6.07, 6.45) is 7.34. The van der Waals surface area contributed by atoms with Crippen LogP contribution in [0, 0.1) is 19.8 Å². The number of carbonyl (C=O) groups is 4. The van der Waals surface area contributed by atoms with Gasteiger partial charge < -0.3 is 34.4 Å². The molecule has 0 aromatic carbocycles. The smallest absolute Gasteiger partial charge is 0.334 e. The van der Waals surface area contributed by atoms with Gasteiger partial charge in [-0.15, -0.1) is 0 Å². The molecule has 310 valence electrons. The van der Waals surface area contributed by atoms with E-state index in [-0.39, 0.29) is 23.9 Å². The number of methoxy groups -OCH3 is 3. The van der Waals surface area contributed by atoms with Crippen LogP contribution in [0.3, 0.4) is 0 Å². The van der Waals surface area contributed by atoms with E-state index in [0.29, 0.717) is 59.7 Å². The van der Waals surface area contributed by atoms with Crippen LogP contribution in [-0.4, -0.2) is 97.2 Å². The molecule has 2 atom stereocenters. The van der Waals surface area contributed by atoms with E-state index in [0.717, 1.165) is 62.9 Å². The Morgan fingerprint density at radius 1 is 0.831 bits per heavy atom. The number of ether oxygens (including phenoxy) is 3. The summed E-state index contributed by atoms with van der Waals surface area (Å²) in [5, 5.41) is 3.06. The van der Waals surface area contributed by atoms with Crippen molar-refractivity contribution in [3.05, 3.63) is 99.7 Å². The molecule has 3 N–H and O–H groups in total. The van der Waals surface area contributed by atoms with Crippen molar-refractivity contribution in [1.29, 1.82) is 0 Å². The number of allylic oxidation sites excluding steroid dienone is 6. The molecule has 13 heteroatoms. The highest BCUT2D eigenvalue weighted by Crippen LogP contribution is 2.52. The minimum Gasteiger partial charge on any atom is -0.469 e. The monoisotopic (exact) mass is 802 g/mol. The minimum atomic E-state index is -1.17. The van der Waals surface area contributed by atoms with E-state index in [2.05, 4.69) is 26.8 Å². The molecule has 3 aromatic rings. The van der Waals surface area contributed by atoms with Crippen molar-refractivity contribution in [2.45, 2.75) is 65.2 Å². The van der Waals surface area contributed by atoms with E-state index in [1.54, 1.807) is 12.2 Å². The molecule has 0 unspecified atom stereocenters. The van der Waals surface area contributed by atoms with E-state index < -0.39 is 23.3 Å². The summed E-state index contributed by atoms with van der Waals surface area (Å²) < 4.78 is 15.5. The number of H-pyrrole nitrogens is 2. The fraction of sp³-hybridized carbons (Fsp3) is 0.391. The molecule has 0 radical (unpaired) electrons. The molecule has 59 heavy (non-hydrogen) atoms. The molecule has 13 nitrogen and oxygen atoms in total. The predicted molar refractivity (Wildman–Crippen MR) is 229 cm³/mol. The lowest BCUT2D eigenvalue weighted by Gasteiger charge is -2.36. The summed E-state index contributed by atoms with van der Waals surface area (Å²) in [6, 6.07) is 7.82. The molecule has 6 rings (SSSR count). The lowest BCUT2D eigenvalue weighted by molar-refractivity contribution is -0.149. The van der Waals surface area contributed by atoms with Crippen LogP contribution in [0.5, 0.6) is 0 Å². The molecule has 1 aliphatic carbocycles. The van der Waals surface area contributed by atoms with Crippen LogP contribution in [0.25, 0.3) is 38.8 Å². The number of rotatable bonds is 13. The molecule has 5 heterocycles. The quantitative estimate of drug-likeness (QED) is 0.1000. The average Bonchev–Trinajstić information content (AvgIpc) is 3.87. The van der Waals surface area contributed by atoms with Crippen LogP contribution in [0.1, 0.15) is 78.1 Å². The van der Waals surface area contributed by atoms with E-state index in [1.807, 2.05) is 72.1 Å². The van der Waals surface area contributed by atoms with Crippen molar-refractivity contribution in [3.63, 3.8) is 0 Å². The minimum absolute atomic E-state index is 0.0264. The van der Waals surface area contributed by atoms with Crippen LogP contribution < -0.4 is 5.32 Å². The zero-order chi connectivity index (χ0) is 42.8. The number of nitrogens with zero attached hydrogens (tertiary/aromatic N) is 3. The first kappa shape index (κ1) is 42.5. The Bertz CT molecular complexity index is 2500. The van der Waals surface area contributed by atoms with Crippen molar-refractivity contribution in [2.75, 3.05) is 48.5 Å². The molecule has 3 aromatic heterocycles. The Morgan fingerprint density at radius 3 is 2.10 bits per heavy atom. The Labute approximate surface area is 344 Å². The molecule has 0 fully saturated rings. The van der Waals surface area contributed by atoms with Gasteiger partial charge >= 0.3 is 17.9 Å². The van der Waals surface area contributed by atoms with Gasteiger partial charge in [-0.3, -0.25) is 19.4 Å². The summed E-state index contributed by atoms with van der Waals surface area (Å²) in [6.45, 7) is 13.5. The maximum absolute atomic E-state index is 13.8. The fourth-order valence-corrected chi connectivity index (χ4v) is 8.40. The highest BCUT2D eigenvalue weighted by Gasteiger charge is 2.53. The van der Waals surface area contributed by atoms with Gasteiger partial charge in [0.2, 0.25) is 5.91 Å². The van der Waals surface area contributed by atoms with Gasteiger partial charge in [0.15, 0.2) is 0 Å². The normalized spacial score (nSPS) is 17.2. The average molecular weight is 803 g/mol. The molecule has 1 amide bonds. The zero-order valence-corrected chi connectivity index (χ0v) is 35.5. The Balaban J connectivity index is 1.66. The topological polar surface area (TPSA) is 169 Å². The summed E-state index contributed by atoms with van der Waals surface area (Å²) in [5.74, 6) is -2.71. The van der Waals surface area contributed by atoms with E-state index in [1.165, 1.54) is 21.3 Å². The second-order valence-corrected chi connectivity index (χ2v) is 15.6. The lowest BCUT2D eigenvalue weighted by Crippen LogP contribution is -2.42. The summed E-state index contributed by atoms with van der Waals surface area (Å²) >= 11 is 0. The number of aryl methyl sites for hydroxylation is 4. The molecule has 8 bridgehead atoms. The van der Waals surface area contributed by atoms with Gasteiger partial charge in [-0.05, 0) is 125 Å². The van der Waals surface area contributed by atoms with Gasteiger partial charge in [0.25, 0.3) is 0 Å². The lowest BCUT2D eigenvalue weighted by atomic mass is 9.64. The zero-order valence-electron chi connectivity index (χ0n) is 35.5. The third-order valence-electron chi connectivity index (χ3n) is 11.8. The second kappa shape index (κ2) is 17.4. The largest absolute Gasteiger partial charge is 0.469 e. The van der Waals surface area contributed by atoms with Gasteiger partial charge in [-0.1, -0.05) is 24.8 Å². The molecule has 0 saturated carbocycles. The SMILES string of the molecule is C=CC1=C(C)c2cc3nc(cc4[nH]c(cc5[nH]c(cc1n2)c(C)c5CCC(=O)NCCCN(C)C)c(CCC(=O)OC)c4C)[C@@]1(C)C3=CC=C(C(=O)OC)[C@H]1C(=O)OC. The van der Waals surface area contributed by atoms with Crippen molar-refractivity contribution in [2.24, 2.45) is 5.92 Å². The van der Waals surface area contributed by atoms with Gasteiger partial charge in [0.1, 0.15) is 5.92 Å². The molecular weight excluding hydrogens is 749 g/mol. The number of nitrogens with one attached hydrogen (secondary N) is 3. The highest BCUT2D eigenvalue weighted by molar-refractivity contribution is 6.02. The number of hydrogen-bond donors (Lipinski definition) is 3. The number of carbonyl (C=O) groups excluding carboxylic acids is 4. The maximum atomic E-state index is 13.8. The summed E-state index contributed by atoms with van der Waals surface area (Å²) in [7, 11) is 7.96. The molecule has 3 aliphatic rings. The van der Waals surface area contributed by atoms with Crippen molar-refractivity contribution < 1.29 is 33.4 Å².